The van der Waals surface area contributed by atoms with Crippen molar-refractivity contribution in [2.75, 3.05) is 0 Å². The molecule has 0 saturated heterocycles. The number of hydrogen-bond donors (Lipinski definition) is 0. The van der Waals surface area contributed by atoms with Gasteiger partial charge in [-0.3, -0.25) is 4.79 Å². The molecule has 0 aliphatic carbocycles. The molecule has 17 heavy (non-hydrogen) atoms. The van der Waals surface area contributed by atoms with Crippen LogP contribution in [0.4, 0.5) is 13.2 Å². The number of halogens is 4. The number of carbonyl (C=O) groups excluding carboxylic acids is 1. The number of rotatable bonds is 2. The lowest BCUT2D eigenvalue weighted by atomic mass is 10.1. The van der Waals surface area contributed by atoms with Crippen LogP contribution in [0.1, 0.15) is 10.6 Å². The molecule has 0 N–H and O–H groups in total. The molecule has 6 heteroatoms. The smallest absolute Gasteiger partial charge is 0.287 e. The van der Waals surface area contributed by atoms with Crippen molar-refractivity contribution in [1.82, 2.24) is 0 Å². The average molecular weight is 261 g/mol. The third-order valence-corrected chi connectivity index (χ3v) is 2.29. The summed E-state index contributed by atoms with van der Waals surface area (Å²) in [6, 6.07) is 4.23. The van der Waals surface area contributed by atoms with E-state index in [2.05, 4.69) is 0 Å². The van der Waals surface area contributed by atoms with Crippen molar-refractivity contribution in [3.05, 3.63) is 47.5 Å². The Balaban J connectivity index is 2.53. The van der Waals surface area contributed by atoms with E-state index in [0.717, 1.165) is 12.1 Å². The van der Waals surface area contributed by atoms with Gasteiger partial charge in [-0.05, 0) is 35.9 Å². The van der Waals surface area contributed by atoms with Crippen molar-refractivity contribution < 1.29 is 22.4 Å². The van der Waals surface area contributed by atoms with Gasteiger partial charge in [0.15, 0.2) is 23.2 Å². The van der Waals surface area contributed by atoms with E-state index in [0.29, 0.717) is 0 Å². The van der Waals surface area contributed by atoms with Crippen molar-refractivity contribution in [3.8, 4) is 11.3 Å². The summed E-state index contributed by atoms with van der Waals surface area (Å²) in [4.78, 5) is 10.7. The molecule has 1 heterocycles. The minimum absolute atomic E-state index is 0.106. The van der Waals surface area contributed by atoms with Crippen LogP contribution >= 0.6 is 11.6 Å². The zero-order valence-corrected chi connectivity index (χ0v) is 8.89. The summed E-state index contributed by atoms with van der Waals surface area (Å²) in [6.45, 7) is 0. The van der Waals surface area contributed by atoms with Gasteiger partial charge in [-0.1, -0.05) is 0 Å². The third-order valence-electron chi connectivity index (χ3n) is 2.10. The average Bonchev–Trinajstić information content (AvgIpc) is 2.75. The molecular weight excluding hydrogens is 257 g/mol. The van der Waals surface area contributed by atoms with Crippen LogP contribution in [0, 0.1) is 17.5 Å². The van der Waals surface area contributed by atoms with Crippen LogP contribution in [0.3, 0.4) is 0 Å². The summed E-state index contributed by atoms with van der Waals surface area (Å²) >= 11 is 5.14. The van der Waals surface area contributed by atoms with E-state index in [-0.39, 0.29) is 17.1 Å². The second-order valence-corrected chi connectivity index (χ2v) is 3.50. The minimum Gasteiger partial charge on any atom is -0.451 e. The quantitative estimate of drug-likeness (QED) is 0.608. The van der Waals surface area contributed by atoms with Gasteiger partial charge in [-0.2, -0.15) is 0 Å². The molecule has 0 fully saturated rings. The van der Waals surface area contributed by atoms with Crippen molar-refractivity contribution in [2.24, 2.45) is 0 Å². The van der Waals surface area contributed by atoms with Crippen LogP contribution in [0.15, 0.2) is 28.7 Å². The molecule has 2 aromatic rings. The standard InChI is InChI=1S/C11H4ClF3O2/c12-11(16)8-4-3-7(17-8)5-1-2-6(13)10(15)9(5)14/h1-4H. The highest BCUT2D eigenvalue weighted by atomic mass is 35.5. The second kappa shape index (κ2) is 4.25. The van der Waals surface area contributed by atoms with Crippen molar-refractivity contribution in [2.45, 2.75) is 0 Å². The summed E-state index contributed by atoms with van der Waals surface area (Å²) in [6.07, 6.45) is 0. The summed E-state index contributed by atoms with van der Waals surface area (Å²) < 4.78 is 43.9. The fraction of sp³-hybridized carbons (Fsp3) is 0. The predicted molar refractivity (Wildman–Crippen MR) is 54.2 cm³/mol. The van der Waals surface area contributed by atoms with Crippen LogP contribution < -0.4 is 0 Å². The molecule has 0 saturated carbocycles. The maximum Gasteiger partial charge on any atom is 0.287 e. The Hall–Kier alpha value is -1.75. The Morgan fingerprint density at radius 3 is 2.35 bits per heavy atom. The fourth-order valence-electron chi connectivity index (χ4n) is 1.30. The van der Waals surface area contributed by atoms with Gasteiger partial charge in [-0.15, -0.1) is 0 Å². The normalized spacial score (nSPS) is 10.6. The number of hydrogen-bond acceptors (Lipinski definition) is 2. The maximum atomic E-state index is 13.4. The molecule has 2 rings (SSSR count). The van der Waals surface area contributed by atoms with Gasteiger partial charge >= 0.3 is 0 Å². The molecule has 0 aliphatic rings. The lowest BCUT2D eigenvalue weighted by Crippen LogP contribution is -1.93. The van der Waals surface area contributed by atoms with Crippen LogP contribution in [-0.2, 0) is 0 Å². The Kier molecular flexibility index (Phi) is 2.93. The number of carbonyl (C=O) groups is 1. The molecular formula is C11H4ClF3O2. The highest BCUT2D eigenvalue weighted by Gasteiger charge is 2.18. The molecule has 0 aliphatic heterocycles. The first-order valence-electron chi connectivity index (χ1n) is 4.44. The van der Waals surface area contributed by atoms with E-state index in [1.54, 1.807) is 0 Å². The highest BCUT2D eigenvalue weighted by molar-refractivity contribution is 6.67. The van der Waals surface area contributed by atoms with Gasteiger partial charge in [0.2, 0.25) is 0 Å². The molecule has 1 aromatic carbocycles. The lowest BCUT2D eigenvalue weighted by molar-refractivity contribution is 0.105. The molecule has 2 nitrogen and oxygen atoms in total. The van der Waals surface area contributed by atoms with Crippen LogP contribution in [0.2, 0.25) is 0 Å². The van der Waals surface area contributed by atoms with Gasteiger partial charge in [0, 0.05) is 0 Å². The fourth-order valence-corrected chi connectivity index (χ4v) is 1.41. The Morgan fingerprint density at radius 1 is 1.06 bits per heavy atom. The summed E-state index contributed by atoms with van der Waals surface area (Å²) in [5.74, 6) is -4.59. The van der Waals surface area contributed by atoms with E-state index in [9.17, 15) is 18.0 Å². The summed E-state index contributed by atoms with van der Waals surface area (Å²) in [7, 11) is 0. The topological polar surface area (TPSA) is 30.2 Å². The molecule has 0 spiro atoms. The molecule has 88 valence electrons. The molecule has 0 unspecified atom stereocenters. The largest absolute Gasteiger partial charge is 0.451 e. The first kappa shape index (κ1) is 11.7. The van der Waals surface area contributed by atoms with Gasteiger partial charge < -0.3 is 4.42 Å². The Bertz CT molecular complexity index is 592. The lowest BCUT2D eigenvalue weighted by Gasteiger charge is -2.01. The zero-order valence-electron chi connectivity index (χ0n) is 8.14. The van der Waals surface area contributed by atoms with Crippen molar-refractivity contribution in [3.63, 3.8) is 0 Å². The number of furan rings is 1. The van der Waals surface area contributed by atoms with E-state index < -0.39 is 22.7 Å². The summed E-state index contributed by atoms with van der Waals surface area (Å²) in [5, 5.41) is -0.862. The molecule has 0 amide bonds. The SMILES string of the molecule is O=C(Cl)c1ccc(-c2ccc(F)c(F)c2F)o1. The minimum atomic E-state index is -1.60. The van der Waals surface area contributed by atoms with Crippen molar-refractivity contribution in [1.29, 1.82) is 0 Å². The summed E-state index contributed by atoms with van der Waals surface area (Å²) in [5.41, 5.74) is -0.284. The van der Waals surface area contributed by atoms with Crippen LogP contribution in [0.5, 0.6) is 0 Å². The van der Waals surface area contributed by atoms with Crippen LogP contribution in [0.25, 0.3) is 11.3 Å². The van der Waals surface area contributed by atoms with Gasteiger partial charge in [0.1, 0.15) is 5.76 Å². The second-order valence-electron chi connectivity index (χ2n) is 3.16. The molecule has 0 atom stereocenters. The zero-order chi connectivity index (χ0) is 12.6. The molecule has 1 aromatic heterocycles. The van der Waals surface area contributed by atoms with E-state index in [1.165, 1.54) is 12.1 Å². The Labute approximate surface area is 98.6 Å². The number of benzene rings is 1. The van der Waals surface area contributed by atoms with Crippen LogP contribution in [-0.4, -0.2) is 5.24 Å². The van der Waals surface area contributed by atoms with Gasteiger partial charge in [0.05, 0.1) is 5.56 Å². The Morgan fingerprint density at radius 2 is 1.76 bits per heavy atom. The third kappa shape index (κ3) is 2.06. The first-order chi connectivity index (χ1) is 8.00. The first-order valence-corrected chi connectivity index (χ1v) is 4.82. The maximum absolute atomic E-state index is 13.4. The van der Waals surface area contributed by atoms with E-state index >= 15 is 0 Å². The predicted octanol–water partition coefficient (Wildman–Crippen LogP) is 3.74. The van der Waals surface area contributed by atoms with Gasteiger partial charge in [0.25, 0.3) is 5.24 Å². The van der Waals surface area contributed by atoms with E-state index in [4.69, 9.17) is 16.0 Å². The van der Waals surface area contributed by atoms with E-state index in [1.807, 2.05) is 0 Å². The van der Waals surface area contributed by atoms with Crippen molar-refractivity contribution >= 4 is 16.8 Å². The molecule has 0 radical (unpaired) electrons. The molecule has 0 bridgehead atoms. The monoisotopic (exact) mass is 260 g/mol. The highest BCUT2D eigenvalue weighted by Crippen LogP contribution is 2.27. The van der Waals surface area contributed by atoms with Gasteiger partial charge in [-0.25, -0.2) is 13.2 Å².